The highest BCUT2D eigenvalue weighted by molar-refractivity contribution is 5.46. The SMILES string of the molecule is Cc1ccc(C(c2nnnn2C2CCCC2)N2CCN(c3ccccc3)CC2)cc1. The molecule has 2 heterocycles. The number of anilines is 1. The van der Waals surface area contributed by atoms with Crippen molar-refractivity contribution < 1.29 is 0 Å². The molecule has 2 aromatic carbocycles. The molecule has 1 aromatic heterocycles. The van der Waals surface area contributed by atoms with Gasteiger partial charge in [0.1, 0.15) is 0 Å². The predicted octanol–water partition coefficient (Wildman–Crippen LogP) is 4.01. The van der Waals surface area contributed by atoms with Gasteiger partial charge in [-0.2, -0.15) is 0 Å². The summed E-state index contributed by atoms with van der Waals surface area (Å²) in [5.74, 6) is 0.999. The molecule has 0 amide bonds. The number of piperazine rings is 1. The third kappa shape index (κ3) is 3.84. The summed E-state index contributed by atoms with van der Waals surface area (Å²) in [5, 5.41) is 13.1. The van der Waals surface area contributed by atoms with Crippen molar-refractivity contribution in [1.82, 2.24) is 25.1 Å². The Balaban J connectivity index is 1.43. The number of hydrogen-bond donors (Lipinski definition) is 0. The van der Waals surface area contributed by atoms with E-state index in [2.05, 4.69) is 91.5 Å². The topological polar surface area (TPSA) is 50.1 Å². The molecule has 1 aliphatic heterocycles. The third-order valence-electron chi connectivity index (χ3n) is 6.63. The van der Waals surface area contributed by atoms with E-state index in [0.29, 0.717) is 6.04 Å². The maximum Gasteiger partial charge on any atom is 0.173 e. The van der Waals surface area contributed by atoms with Gasteiger partial charge in [-0.05, 0) is 47.9 Å². The lowest BCUT2D eigenvalue weighted by atomic mass is 10.0. The zero-order valence-corrected chi connectivity index (χ0v) is 17.7. The van der Waals surface area contributed by atoms with Gasteiger partial charge in [0, 0.05) is 31.9 Å². The normalized spacial score (nSPS) is 19.3. The van der Waals surface area contributed by atoms with E-state index < -0.39 is 0 Å². The maximum absolute atomic E-state index is 4.56. The quantitative estimate of drug-likeness (QED) is 0.645. The van der Waals surface area contributed by atoms with Crippen LogP contribution in [0.2, 0.25) is 0 Å². The van der Waals surface area contributed by atoms with Gasteiger partial charge in [-0.15, -0.1) is 5.10 Å². The molecule has 3 aromatic rings. The summed E-state index contributed by atoms with van der Waals surface area (Å²) < 4.78 is 2.13. The monoisotopic (exact) mass is 402 g/mol. The average Bonchev–Trinajstić information content (AvgIpc) is 3.48. The van der Waals surface area contributed by atoms with Gasteiger partial charge in [-0.3, -0.25) is 4.90 Å². The Bertz CT molecular complexity index is 937. The average molecular weight is 403 g/mol. The Morgan fingerprint density at radius 2 is 1.57 bits per heavy atom. The summed E-state index contributed by atoms with van der Waals surface area (Å²) in [6.07, 6.45) is 4.91. The standard InChI is InChI=1S/C24H30N6/c1-19-11-13-20(14-12-19)23(24-25-26-27-30(24)22-9-5-6-10-22)29-17-15-28(16-18-29)21-7-3-2-4-8-21/h2-4,7-8,11-14,22-23H,5-6,9-10,15-18H2,1H3. The summed E-state index contributed by atoms with van der Waals surface area (Å²) >= 11 is 0. The summed E-state index contributed by atoms with van der Waals surface area (Å²) in [6, 6.07) is 20.1. The smallest absolute Gasteiger partial charge is 0.173 e. The molecule has 0 bridgehead atoms. The largest absolute Gasteiger partial charge is 0.369 e. The molecule has 6 heteroatoms. The minimum Gasteiger partial charge on any atom is -0.369 e. The molecule has 156 valence electrons. The fraction of sp³-hybridized carbons (Fsp3) is 0.458. The van der Waals surface area contributed by atoms with Crippen LogP contribution in [0.25, 0.3) is 0 Å². The lowest BCUT2D eigenvalue weighted by Crippen LogP contribution is -2.48. The van der Waals surface area contributed by atoms with Crippen molar-refractivity contribution >= 4 is 5.69 Å². The molecule has 1 saturated heterocycles. The minimum atomic E-state index is 0.0964. The number of hydrogen-bond acceptors (Lipinski definition) is 5. The zero-order valence-electron chi connectivity index (χ0n) is 17.7. The van der Waals surface area contributed by atoms with Crippen molar-refractivity contribution in [3.05, 3.63) is 71.5 Å². The van der Waals surface area contributed by atoms with E-state index >= 15 is 0 Å². The number of aromatic nitrogens is 4. The van der Waals surface area contributed by atoms with E-state index in [4.69, 9.17) is 0 Å². The van der Waals surface area contributed by atoms with Gasteiger partial charge in [0.2, 0.25) is 0 Å². The molecule has 0 spiro atoms. The Morgan fingerprint density at radius 3 is 2.27 bits per heavy atom. The molecule has 1 atom stereocenters. The van der Waals surface area contributed by atoms with Crippen LogP contribution >= 0.6 is 0 Å². The van der Waals surface area contributed by atoms with Crippen molar-refractivity contribution in [3.63, 3.8) is 0 Å². The van der Waals surface area contributed by atoms with Crippen LogP contribution in [0, 0.1) is 6.92 Å². The Kier molecular flexibility index (Phi) is 5.49. The molecule has 30 heavy (non-hydrogen) atoms. The van der Waals surface area contributed by atoms with E-state index in [1.54, 1.807) is 0 Å². The van der Waals surface area contributed by atoms with Crippen LogP contribution in [0.5, 0.6) is 0 Å². The van der Waals surface area contributed by atoms with Crippen molar-refractivity contribution in [1.29, 1.82) is 0 Å². The number of benzene rings is 2. The van der Waals surface area contributed by atoms with Gasteiger partial charge in [0.05, 0.1) is 12.1 Å². The van der Waals surface area contributed by atoms with E-state index in [9.17, 15) is 0 Å². The summed E-state index contributed by atoms with van der Waals surface area (Å²) in [4.78, 5) is 5.03. The molecule has 6 nitrogen and oxygen atoms in total. The van der Waals surface area contributed by atoms with Crippen molar-refractivity contribution in [2.75, 3.05) is 31.1 Å². The Hall–Kier alpha value is -2.73. The first-order valence-electron chi connectivity index (χ1n) is 11.2. The van der Waals surface area contributed by atoms with Crippen LogP contribution in [0.1, 0.15) is 54.7 Å². The number of para-hydroxylation sites is 1. The van der Waals surface area contributed by atoms with Crippen LogP contribution in [0.4, 0.5) is 5.69 Å². The second-order valence-electron chi connectivity index (χ2n) is 8.59. The molecule has 0 radical (unpaired) electrons. The van der Waals surface area contributed by atoms with Gasteiger partial charge >= 0.3 is 0 Å². The molecule has 1 aliphatic carbocycles. The molecule has 0 N–H and O–H groups in total. The van der Waals surface area contributed by atoms with E-state index in [-0.39, 0.29) is 6.04 Å². The first-order chi connectivity index (χ1) is 14.8. The van der Waals surface area contributed by atoms with Crippen LogP contribution < -0.4 is 4.90 Å². The number of nitrogens with zero attached hydrogens (tertiary/aromatic N) is 6. The van der Waals surface area contributed by atoms with Crippen LogP contribution in [0.15, 0.2) is 54.6 Å². The minimum absolute atomic E-state index is 0.0964. The molecular weight excluding hydrogens is 372 g/mol. The van der Waals surface area contributed by atoms with Crippen LogP contribution in [0.3, 0.4) is 0 Å². The van der Waals surface area contributed by atoms with Gasteiger partial charge in [-0.1, -0.05) is 60.9 Å². The summed E-state index contributed by atoms with van der Waals surface area (Å²) in [7, 11) is 0. The van der Waals surface area contributed by atoms with E-state index in [0.717, 1.165) is 32.0 Å². The highest BCUT2D eigenvalue weighted by Gasteiger charge is 2.33. The molecule has 1 saturated carbocycles. The lowest BCUT2D eigenvalue weighted by molar-refractivity contribution is 0.197. The summed E-state index contributed by atoms with van der Waals surface area (Å²) in [5.41, 5.74) is 3.87. The fourth-order valence-corrected chi connectivity index (χ4v) is 4.94. The molecule has 2 aliphatic rings. The Labute approximate surface area is 178 Å². The second kappa shape index (κ2) is 8.56. The predicted molar refractivity (Wildman–Crippen MR) is 119 cm³/mol. The first kappa shape index (κ1) is 19.2. The van der Waals surface area contributed by atoms with E-state index in [1.165, 1.54) is 42.5 Å². The van der Waals surface area contributed by atoms with Gasteiger partial charge in [0.25, 0.3) is 0 Å². The second-order valence-corrected chi connectivity index (χ2v) is 8.59. The Morgan fingerprint density at radius 1 is 0.867 bits per heavy atom. The molecular formula is C24H30N6. The number of rotatable bonds is 5. The van der Waals surface area contributed by atoms with Crippen molar-refractivity contribution in [2.45, 2.75) is 44.7 Å². The van der Waals surface area contributed by atoms with Crippen molar-refractivity contribution in [2.24, 2.45) is 0 Å². The molecule has 2 fully saturated rings. The van der Waals surface area contributed by atoms with Gasteiger partial charge in [0.15, 0.2) is 5.82 Å². The molecule has 1 unspecified atom stereocenters. The highest BCUT2D eigenvalue weighted by atomic mass is 15.6. The van der Waals surface area contributed by atoms with Crippen molar-refractivity contribution in [3.8, 4) is 0 Å². The van der Waals surface area contributed by atoms with E-state index in [1.807, 2.05) is 0 Å². The highest BCUT2D eigenvalue weighted by Crippen LogP contribution is 2.34. The third-order valence-corrected chi connectivity index (χ3v) is 6.63. The first-order valence-corrected chi connectivity index (χ1v) is 11.2. The van der Waals surface area contributed by atoms with Crippen LogP contribution in [-0.4, -0.2) is 51.3 Å². The lowest BCUT2D eigenvalue weighted by Gasteiger charge is -2.40. The summed E-state index contributed by atoms with van der Waals surface area (Å²) in [6.45, 7) is 6.14. The fourth-order valence-electron chi connectivity index (χ4n) is 4.94. The molecule has 5 rings (SSSR count). The zero-order chi connectivity index (χ0) is 20.3. The van der Waals surface area contributed by atoms with Crippen LogP contribution in [-0.2, 0) is 0 Å². The number of aryl methyl sites for hydroxylation is 1. The maximum atomic E-state index is 4.56. The van der Waals surface area contributed by atoms with Gasteiger partial charge in [-0.25, -0.2) is 4.68 Å². The number of tetrazole rings is 1. The van der Waals surface area contributed by atoms with Gasteiger partial charge < -0.3 is 4.90 Å².